The lowest BCUT2D eigenvalue weighted by molar-refractivity contribution is -0.117. The summed E-state index contributed by atoms with van der Waals surface area (Å²) in [5.74, 6) is -0.258. The molecule has 0 spiro atoms. The molecule has 1 atom stereocenters. The van der Waals surface area contributed by atoms with Crippen LogP contribution in [-0.4, -0.2) is 25.6 Å². The number of rotatable bonds is 1. The number of hydrogen-bond donors (Lipinski definition) is 1. The Labute approximate surface area is 111 Å². The minimum Gasteiger partial charge on any atom is -0.494 e. The number of fused-ring (bicyclic) bond motifs is 3. The van der Waals surface area contributed by atoms with Gasteiger partial charge < -0.3 is 15.0 Å². The average molecular weight is 264 g/mol. The van der Waals surface area contributed by atoms with Gasteiger partial charge in [0, 0.05) is 18.7 Å². The zero-order valence-corrected chi connectivity index (χ0v) is 10.9. The first-order valence-corrected chi connectivity index (χ1v) is 6.66. The molecule has 3 rings (SSSR count). The molecule has 0 aliphatic carbocycles. The Bertz CT molecular complexity index is 518. The molecule has 0 bridgehead atoms. The number of ether oxygens (including phenoxy) is 1. The van der Waals surface area contributed by atoms with Crippen LogP contribution in [0.1, 0.15) is 25.7 Å². The van der Waals surface area contributed by atoms with Crippen molar-refractivity contribution < 1.29 is 13.9 Å². The summed E-state index contributed by atoms with van der Waals surface area (Å²) in [6, 6.07) is 2.89. The molecular formula is C14H17FN2O2. The summed E-state index contributed by atoms with van der Waals surface area (Å²) in [6.45, 7) is 0.833. The molecule has 1 amide bonds. The monoisotopic (exact) mass is 264 g/mol. The highest BCUT2D eigenvalue weighted by atomic mass is 19.1. The molecule has 1 aromatic rings. The number of carbonyl (C=O) groups excluding carboxylic acids is 1. The van der Waals surface area contributed by atoms with Gasteiger partial charge >= 0.3 is 0 Å². The molecule has 4 nitrogen and oxygen atoms in total. The normalized spacial score (nSPS) is 22.1. The maximum Gasteiger partial charge on any atom is 0.247 e. The molecule has 102 valence electrons. The largest absolute Gasteiger partial charge is 0.494 e. The van der Waals surface area contributed by atoms with E-state index in [-0.39, 0.29) is 17.7 Å². The van der Waals surface area contributed by atoms with Crippen molar-refractivity contribution in [2.45, 2.75) is 31.7 Å². The second-order valence-corrected chi connectivity index (χ2v) is 5.05. The van der Waals surface area contributed by atoms with Gasteiger partial charge in [0.1, 0.15) is 6.04 Å². The van der Waals surface area contributed by atoms with E-state index in [0.717, 1.165) is 37.9 Å². The van der Waals surface area contributed by atoms with Crippen molar-refractivity contribution >= 4 is 17.3 Å². The van der Waals surface area contributed by atoms with Crippen LogP contribution in [0.3, 0.4) is 0 Å². The molecule has 1 fully saturated rings. The summed E-state index contributed by atoms with van der Waals surface area (Å²) in [6.07, 6.45) is 4.10. The molecule has 2 aliphatic rings. The van der Waals surface area contributed by atoms with Gasteiger partial charge in [-0.05, 0) is 12.8 Å². The van der Waals surface area contributed by atoms with E-state index in [9.17, 15) is 9.18 Å². The van der Waals surface area contributed by atoms with Gasteiger partial charge in [0.05, 0.1) is 18.5 Å². The quantitative estimate of drug-likeness (QED) is 0.847. The van der Waals surface area contributed by atoms with Crippen molar-refractivity contribution in [3.8, 4) is 5.75 Å². The van der Waals surface area contributed by atoms with E-state index < -0.39 is 5.82 Å². The van der Waals surface area contributed by atoms with E-state index in [2.05, 4.69) is 10.2 Å². The molecule has 1 unspecified atom stereocenters. The molecule has 0 radical (unpaired) electrons. The summed E-state index contributed by atoms with van der Waals surface area (Å²) < 4.78 is 18.7. The first-order chi connectivity index (χ1) is 9.20. The van der Waals surface area contributed by atoms with Crippen LogP contribution in [0.2, 0.25) is 0 Å². The number of methoxy groups -OCH3 is 1. The number of benzene rings is 1. The van der Waals surface area contributed by atoms with Gasteiger partial charge in [0.15, 0.2) is 11.6 Å². The summed E-state index contributed by atoms with van der Waals surface area (Å²) in [7, 11) is 1.45. The van der Waals surface area contributed by atoms with Crippen LogP contribution in [0.15, 0.2) is 12.1 Å². The van der Waals surface area contributed by atoms with Crippen molar-refractivity contribution in [1.29, 1.82) is 0 Å². The fourth-order valence-electron chi connectivity index (χ4n) is 2.92. The van der Waals surface area contributed by atoms with E-state index in [1.54, 1.807) is 6.07 Å². The Morgan fingerprint density at radius 3 is 3.00 bits per heavy atom. The number of amides is 1. The zero-order valence-electron chi connectivity index (χ0n) is 10.9. The first kappa shape index (κ1) is 12.3. The number of hydrogen-bond acceptors (Lipinski definition) is 3. The number of carbonyl (C=O) groups is 1. The van der Waals surface area contributed by atoms with E-state index in [4.69, 9.17) is 4.74 Å². The highest BCUT2D eigenvalue weighted by Gasteiger charge is 2.34. The Balaban J connectivity index is 2.07. The van der Waals surface area contributed by atoms with Gasteiger partial charge in [0.25, 0.3) is 0 Å². The van der Waals surface area contributed by atoms with E-state index in [1.165, 1.54) is 13.2 Å². The smallest absolute Gasteiger partial charge is 0.247 e. The second kappa shape index (κ2) is 4.72. The molecule has 1 N–H and O–H groups in total. The van der Waals surface area contributed by atoms with Crippen molar-refractivity contribution in [3.63, 3.8) is 0 Å². The summed E-state index contributed by atoms with van der Waals surface area (Å²) in [4.78, 5) is 14.2. The fraction of sp³-hybridized carbons (Fsp3) is 0.500. The standard InChI is InChI=1S/C14H17FN2O2/c1-19-13-8-12-10(7-9(13)15)16-14(18)11-5-3-2-4-6-17(11)12/h7-8,11H,2-6H2,1H3,(H,16,18). The molecule has 5 heteroatoms. The number of anilines is 2. The van der Waals surface area contributed by atoms with Crippen molar-refractivity contribution in [2.24, 2.45) is 0 Å². The highest BCUT2D eigenvalue weighted by molar-refractivity contribution is 6.03. The van der Waals surface area contributed by atoms with Crippen LogP contribution in [0.25, 0.3) is 0 Å². The third kappa shape index (κ3) is 2.03. The Morgan fingerprint density at radius 1 is 1.37 bits per heavy atom. The molecule has 19 heavy (non-hydrogen) atoms. The van der Waals surface area contributed by atoms with Crippen LogP contribution < -0.4 is 15.0 Å². The molecule has 1 saturated heterocycles. The molecule has 2 heterocycles. The molecular weight excluding hydrogens is 247 g/mol. The van der Waals surface area contributed by atoms with Crippen LogP contribution in [0.4, 0.5) is 15.8 Å². The fourth-order valence-corrected chi connectivity index (χ4v) is 2.92. The zero-order chi connectivity index (χ0) is 13.4. The maximum absolute atomic E-state index is 13.7. The molecule has 0 saturated carbocycles. The molecule has 0 aromatic heterocycles. The SMILES string of the molecule is COc1cc2c(cc1F)NC(=O)C1CCCCCN21. The molecule has 1 aromatic carbocycles. The summed E-state index contributed by atoms with van der Waals surface area (Å²) >= 11 is 0. The minimum absolute atomic E-state index is 0.0287. The Kier molecular flexibility index (Phi) is 3.05. The number of nitrogens with zero attached hydrogens (tertiary/aromatic N) is 1. The lowest BCUT2D eigenvalue weighted by Crippen LogP contribution is -2.47. The third-order valence-electron chi connectivity index (χ3n) is 3.89. The van der Waals surface area contributed by atoms with Gasteiger partial charge in [-0.15, -0.1) is 0 Å². The number of nitrogens with one attached hydrogen (secondary N) is 1. The topological polar surface area (TPSA) is 41.6 Å². The average Bonchev–Trinajstić information content (AvgIpc) is 2.64. The van der Waals surface area contributed by atoms with E-state index in [1.807, 2.05) is 0 Å². The van der Waals surface area contributed by atoms with Crippen molar-refractivity contribution in [2.75, 3.05) is 23.9 Å². The lowest BCUT2D eigenvalue weighted by atomic mass is 10.0. The van der Waals surface area contributed by atoms with Gasteiger partial charge in [0.2, 0.25) is 5.91 Å². The third-order valence-corrected chi connectivity index (χ3v) is 3.89. The lowest BCUT2D eigenvalue weighted by Gasteiger charge is -2.37. The van der Waals surface area contributed by atoms with Crippen LogP contribution in [0.5, 0.6) is 5.75 Å². The van der Waals surface area contributed by atoms with Crippen molar-refractivity contribution in [1.82, 2.24) is 0 Å². The predicted molar refractivity (Wildman–Crippen MR) is 71.2 cm³/mol. The van der Waals surface area contributed by atoms with Gasteiger partial charge in [-0.2, -0.15) is 0 Å². The minimum atomic E-state index is -0.449. The van der Waals surface area contributed by atoms with Crippen LogP contribution in [-0.2, 0) is 4.79 Å². The summed E-state index contributed by atoms with van der Waals surface area (Å²) in [5, 5.41) is 2.80. The van der Waals surface area contributed by atoms with Gasteiger partial charge in [-0.25, -0.2) is 4.39 Å². The van der Waals surface area contributed by atoms with Crippen LogP contribution >= 0.6 is 0 Å². The van der Waals surface area contributed by atoms with E-state index in [0.29, 0.717) is 5.69 Å². The first-order valence-electron chi connectivity index (χ1n) is 6.66. The maximum atomic E-state index is 13.7. The van der Waals surface area contributed by atoms with E-state index >= 15 is 0 Å². The Hall–Kier alpha value is -1.78. The van der Waals surface area contributed by atoms with Crippen molar-refractivity contribution in [3.05, 3.63) is 17.9 Å². The Morgan fingerprint density at radius 2 is 2.21 bits per heavy atom. The molecule has 2 aliphatic heterocycles. The summed E-state index contributed by atoms with van der Waals surface area (Å²) in [5.41, 5.74) is 1.41. The second-order valence-electron chi connectivity index (χ2n) is 5.05. The number of halogens is 1. The van der Waals surface area contributed by atoms with Gasteiger partial charge in [-0.3, -0.25) is 4.79 Å². The van der Waals surface area contributed by atoms with Crippen LogP contribution in [0, 0.1) is 5.82 Å². The predicted octanol–water partition coefficient (Wildman–Crippen LogP) is 2.54. The van der Waals surface area contributed by atoms with Gasteiger partial charge in [-0.1, -0.05) is 12.8 Å². The highest BCUT2D eigenvalue weighted by Crippen LogP contribution is 2.39.